The normalized spacial score (nSPS) is 10.3. The maximum absolute atomic E-state index is 13.0. The molecule has 25 heavy (non-hydrogen) atoms. The number of aryl methyl sites for hydroxylation is 1. The highest BCUT2D eigenvalue weighted by Crippen LogP contribution is 2.20. The number of anilines is 1. The Balaban J connectivity index is 0.00000156. The third kappa shape index (κ3) is 4.46. The summed E-state index contributed by atoms with van der Waals surface area (Å²) in [5.74, 6) is 6.51. The monoisotopic (exact) mass is 386 g/mol. The summed E-state index contributed by atoms with van der Waals surface area (Å²) in [5.41, 5.74) is 5.01. The highest BCUT2D eigenvalue weighted by molar-refractivity contribution is 5.88. The molecule has 0 aliphatic carbocycles. The molecule has 0 saturated carbocycles. The number of nitrogen functional groups attached to an aromatic ring is 1. The van der Waals surface area contributed by atoms with Crippen LogP contribution in [0, 0.1) is 5.82 Å². The molecule has 0 aliphatic rings. The van der Waals surface area contributed by atoms with Crippen LogP contribution < -0.4 is 11.3 Å². The third-order valence-corrected chi connectivity index (χ3v) is 3.25. The topological polar surface area (TPSA) is 110 Å². The summed E-state index contributed by atoms with van der Waals surface area (Å²) in [6.07, 6.45) is 3.86. The minimum Gasteiger partial charge on any atom is -0.335 e. The van der Waals surface area contributed by atoms with Crippen molar-refractivity contribution in [2.75, 3.05) is 11.3 Å². The van der Waals surface area contributed by atoms with E-state index in [1.807, 2.05) is 6.92 Å². The zero-order valence-electron chi connectivity index (χ0n) is 13.2. The Bertz CT molecular complexity index is 828. The predicted molar refractivity (Wildman–Crippen MR) is 99.2 cm³/mol. The zero-order valence-corrected chi connectivity index (χ0v) is 14.8. The van der Waals surface area contributed by atoms with E-state index in [9.17, 15) is 4.39 Å². The van der Waals surface area contributed by atoms with E-state index in [0.29, 0.717) is 18.2 Å². The SMILES string of the molecule is CCc1nnc(N/N=C/c2cn[nH]c2-c2ccc(F)cc2)n1N.Cl.Cl. The van der Waals surface area contributed by atoms with Crippen LogP contribution in [0.3, 0.4) is 0 Å². The molecule has 134 valence electrons. The van der Waals surface area contributed by atoms with Gasteiger partial charge in [0.2, 0.25) is 0 Å². The number of hydrogen-bond donors (Lipinski definition) is 3. The Morgan fingerprint density at radius 3 is 2.64 bits per heavy atom. The molecule has 2 aromatic heterocycles. The molecule has 8 nitrogen and oxygen atoms in total. The molecule has 0 atom stereocenters. The van der Waals surface area contributed by atoms with Gasteiger partial charge >= 0.3 is 0 Å². The first-order valence-corrected chi connectivity index (χ1v) is 6.96. The molecular weight excluding hydrogens is 370 g/mol. The van der Waals surface area contributed by atoms with Crippen LogP contribution in [-0.4, -0.2) is 31.3 Å². The molecule has 0 radical (unpaired) electrons. The lowest BCUT2D eigenvalue weighted by Gasteiger charge is -2.01. The zero-order chi connectivity index (χ0) is 16.2. The molecule has 3 rings (SSSR count). The Morgan fingerprint density at radius 2 is 2.00 bits per heavy atom. The second-order valence-electron chi connectivity index (χ2n) is 4.74. The van der Waals surface area contributed by atoms with Crippen LogP contribution in [0.2, 0.25) is 0 Å². The molecule has 0 aliphatic heterocycles. The molecule has 0 saturated heterocycles. The van der Waals surface area contributed by atoms with Gasteiger partial charge < -0.3 is 5.84 Å². The Labute approximate surface area is 155 Å². The molecule has 2 heterocycles. The minimum absolute atomic E-state index is 0. The van der Waals surface area contributed by atoms with E-state index in [4.69, 9.17) is 5.84 Å². The van der Waals surface area contributed by atoms with Crippen LogP contribution >= 0.6 is 24.8 Å². The summed E-state index contributed by atoms with van der Waals surface area (Å²) in [7, 11) is 0. The van der Waals surface area contributed by atoms with Crippen molar-refractivity contribution in [1.82, 2.24) is 25.1 Å². The van der Waals surface area contributed by atoms with Crippen LogP contribution in [-0.2, 0) is 6.42 Å². The van der Waals surface area contributed by atoms with Gasteiger partial charge in [-0.15, -0.1) is 35.0 Å². The third-order valence-electron chi connectivity index (χ3n) is 3.25. The van der Waals surface area contributed by atoms with Gasteiger partial charge in [0.15, 0.2) is 5.82 Å². The van der Waals surface area contributed by atoms with Crippen LogP contribution in [0.25, 0.3) is 11.3 Å². The lowest BCUT2D eigenvalue weighted by atomic mass is 10.1. The van der Waals surface area contributed by atoms with Crippen molar-refractivity contribution in [3.63, 3.8) is 0 Å². The number of halogens is 3. The first kappa shape index (κ1) is 20.4. The van der Waals surface area contributed by atoms with Gasteiger partial charge in [-0.3, -0.25) is 5.10 Å². The van der Waals surface area contributed by atoms with Crippen molar-refractivity contribution in [3.05, 3.63) is 47.7 Å². The number of aromatic amines is 1. The van der Waals surface area contributed by atoms with Crippen molar-refractivity contribution in [2.45, 2.75) is 13.3 Å². The molecule has 0 bridgehead atoms. The smallest absolute Gasteiger partial charge is 0.263 e. The number of hydrazone groups is 1. The number of hydrogen-bond acceptors (Lipinski definition) is 6. The maximum Gasteiger partial charge on any atom is 0.263 e. The largest absolute Gasteiger partial charge is 0.335 e. The molecule has 0 amide bonds. The van der Waals surface area contributed by atoms with E-state index in [-0.39, 0.29) is 30.6 Å². The summed E-state index contributed by atoms with van der Waals surface area (Å²) in [5, 5.41) is 18.7. The molecule has 4 N–H and O–H groups in total. The Kier molecular flexibility index (Phi) is 7.34. The number of rotatable bonds is 5. The van der Waals surface area contributed by atoms with E-state index in [0.717, 1.165) is 16.8 Å². The second kappa shape index (κ2) is 9.00. The van der Waals surface area contributed by atoms with Gasteiger partial charge in [0.1, 0.15) is 5.82 Å². The number of nitrogens with one attached hydrogen (secondary N) is 2. The molecule has 0 unspecified atom stereocenters. The summed E-state index contributed by atoms with van der Waals surface area (Å²) < 4.78 is 14.3. The average Bonchev–Trinajstić information content (AvgIpc) is 3.16. The second-order valence-corrected chi connectivity index (χ2v) is 4.74. The maximum atomic E-state index is 13.0. The van der Waals surface area contributed by atoms with Gasteiger partial charge in [0, 0.05) is 17.5 Å². The van der Waals surface area contributed by atoms with Crippen molar-refractivity contribution < 1.29 is 4.39 Å². The summed E-state index contributed by atoms with van der Waals surface area (Å²) in [6, 6.07) is 6.10. The Hall–Kier alpha value is -2.65. The summed E-state index contributed by atoms with van der Waals surface area (Å²) >= 11 is 0. The number of nitrogens with zero attached hydrogens (tertiary/aromatic N) is 5. The van der Waals surface area contributed by atoms with E-state index < -0.39 is 0 Å². The lowest BCUT2D eigenvalue weighted by Crippen LogP contribution is -2.14. The fraction of sp³-hybridized carbons (Fsp3) is 0.143. The summed E-state index contributed by atoms with van der Waals surface area (Å²) in [4.78, 5) is 0. The van der Waals surface area contributed by atoms with Gasteiger partial charge in [-0.1, -0.05) is 6.92 Å². The van der Waals surface area contributed by atoms with Gasteiger partial charge in [0.05, 0.1) is 18.1 Å². The van der Waals surface area contributed by atoms with Crippen LogP contribution in [0.1, 0.15) is 18.3 Å². The lowest BCUT2D eigenvalue weighted by molar-refractivity contribution is 0.628. The molecule has 11 heteroatoms. The molecular formula is C14H17Cl2FN8. The van der Waals surface area contributed by atoms with Gasteiger partial charge in [-0.25, -0.2) is 14.5 Å². The number of nitrogens with two attached hydrogens (primary N) is 1. The first-order chi connectivity index (χ1) is 11.2. The van der Waals surface area contributed by atoms with Crippen LogP contribution in [0.15, 0.2) is 35.6 Å². The number of H-pyrrole nitrogens is 1. The van der Waals surface area contributed by atoms with E-state index in [1.165, 1.54) is 16.8 Å². The number of benzene rings is 1. The summed E-state index contributed by atoms with van der Waals surface area (Å²) in [6.45, 7) is 1.93. The fourth-order valence-corrected chi connectivity index (χ4v) is 2.04. The highest BCUT2D eigenvalue weighted by atomic mass is 35.5. The average molecular weight is 387 g/mol. The standard InChI is InChI=1S/C14H15FN8.2ClH/c1-2-12-19-22-14(23(12)16)21-18-8-10-7-17-20-13(10)9-3-5-11(15)6-4-9;;/h3-8H,2,16H2,1H3,(H,17,20)(H,21,22);2*1H/b18-8+;;. The molecule has 0 spiro atoms. The molecule has 1 aromatic carbocycles. The van der Waals surface area contributed by atoms with Crippen LogP contribution in [0.4, 0.5) is 10.3 Å². The van der Waals surface area contributed by atoms with Gasteiger partial charge in [0.25, 0.3) is 5.95 Å². The Morgan fingerprint density at radius 1 is 1.28 bits per heavy atom. The first-order valence-electron chi connectivity index (χ1n) is 6.96. The van der Waals surface area contributed by atoms with Crippen molar-refractivity contribution in [1.29, 1.82) is 0 Å². The quantitative estimate of drug-likeness (QED) is 0.354. The fourth-order valence-electron chi connectivity index (χ4n) is 2.04. The number of aromatic nitrogens is 5. The van der Waals surface area contributed by atoms with E-state index >= 15 is 0 Å². The predicted octanol–water partition coefficient (Wildman–Crippen LogP) is 2.37. The van der Waals surface area contributed by atoms with Gasteiger partial charge in [-0.2, -0.15) is 10.2 Å². The van der Waals surface area contributed by atoms with Crippen molar-refractivity contribution in [2.24, 2.45) is 5.10 Å². The van der Waals surface area contributed by atoms with E-state index in [1.54, 1.807) is 24.5 Å². The van der Waals surface area contributed by atoms with E-state index in [2.05, 4.69) is 30.9 Å². The van der Waals surface area contributed by atoms with Gasteiger partial charge in [-0.05, 0) is 24.3 Å². The van der Waals surface area contributed by atoms with Crippen molar-refractivity contribution in [3.8, 4) is 11.3 Å². The molecule has 0 fully saturated rings. The van der Waals surface area contributed by atoms with Crippen molar-refractivity contribution >= 4 is 37.0 Å². The minimum atomic E-state index is -0.292. The van der Waals surface area contributed by atoms with Crippen LogP contribution in [0.5, 0.6) is 0 Å². The highest BCUT2D eigenvalue weighted by Gasteiger charge is 2.08. The molecule has 3 aromatic rings.